The minimum absolute atomic E-state index is 0.0129. The molecule has 1 aromatic rings. The molecule has 0 bridgehead atoms. The number of rotatable bonds is 8. The zero-order valence-corrected chi connectivity index (χ0v) is 19.4. The molecule has 2 aliphatic heterocycles. The number of piperazine rings is 1. The second-order valence-electron chi connectivity index (χ2n) is 8.96. The number of benzene rings is 1. The van der Waals surface area contributed by atoms with Gasteiger partial charge < -0.3 is 25.6 Å². The normalized spacial score (nSPS) is 23.2. The minimum Gasteiger partial charge on any atom is -0.375 e. The van der Waals surface area contributed by atoms with Crippen LogP contribution in [0.4, 0.5) is 4.79 Å². The molecule has 2 fully saturated rings. The molecule has 0 unspecified atom stereocenters. The molecule has 0 spiro atoms. The van der Waals surface area contributed by atoms with Gasteiger partial charge in [0, 0.05) is 45.4 Å². The number of aryl methyl sites for hydroxylation is 1. The Hall–Kier alpha value is -2.65. The van der Waals surface area contributed by atoms with Crippen LogP contribution in [0.2, 0.25) is 0 Å². The van der Waals surface area contributed by atoms with Gasteiger partial charge in [-0.05, 0) is 38.3 Å². The van der Waals surface area contributed by atoms with Gasteiger partial charge in [0.1, 0.15) is 12.6 Å². The van der Waals surface area contributed by atoms with E-state index in [4.69, 9.17) is 4.74 Å². The van der Waals surface area contributed by atoms with Gasteiger partial charge in [-0.2, -0.15) is 0 Å². The molecular weight excluding hydrogens is 410 g/mol. The second-order valence-corrected chi connectivity index (χ2v) is 8.96. The second kappa shape index (κ2) is 10.8. The zero-order valence-electron chi connectivity index (χ0n) is 19.4. The molecule has 9 heteroatoms. The van der Waals surface area contributed by atoms with E-state index in [1.165, 1.54) is 12.7 Å². The van der Waals surface area contributed by atoms with E-state index in [1.807, 2.05) is 30.9 Å². The molecule has 0 radical (unpaired) electrons. The maximum Gasteiger partial charge on any atom is 0.315 e. The van der Waals surface area contributed by atoms with Crippen LogP contribution in [0.3, 0.4) is 0 Å². The molecule has 3 N–H and O–H groups in total. The van der Waals surface area contributed by atoms with Gasteiger partial charge in [-0.15, -0.1) is 0 Å². The first-order valence-electron chi connectivity index (χ1n) is 11.2. The summed E-state index contributed by atoms with van der Waals surface area (Å²) in [5, 5.41) is 8.66. The van der Waals surface area contributed by atoms with Gasteiger partial charge in [-0.1, -0.05) is 24.3 Å². The number of nitrogens with zero attached hydrogens (tertiary/aromatic N) is 2. The van der Waals surface area contributed by atoms with Crippen molar-refractivity contribution in [3.05, 3.63) is 35.4 Å². The fourth-order valence-corrected chi connectivity index (χ4v) is 4.49. The molecule has 0 aliphatic carbocycles. The first-order valence-corrected chi connectivity index (χ1v) is 11.2. The number of methoxy groups -OCH3 is 1. The van der Waals surface area contributed by atoms with Crippen LogP contribution in [0.25, 0.3) is 0 Å². The van der Waals surface area contributed by atoms with Crippen molar-refractivity contribution in [2.24, 2.45) is 0 Å². The minimum atomic E-state index is -0.463. The quantitative estimate of drug-likeness (QED) is 0.544. The molecule has 0 saturated carbocycles. The third-order valence-electron chi connectivity index (χ3n) is 6.03. The summed E-state index contributed by atoms with van der Waals surface area (Å²) >= 11 is 0. The van der Waals surface area contributed by atoms with Gasteiger partial charge >= 0.3 is 6.03 Å². The van der Waals surface area contributed by atoms with Crippen LogP contribution in [0.1, 0.15) is 31.4 Å². The molecule has 2 aliphatic rings. The third kappa shape index (κ3) is 5.98. The molecule has 2 heterocycles. The summed E-state index contributed by atoms with van der Waals surface area (Å²) in [5.41, 5.74) is 2.33. The average molecular weight is 446 g/mol. The predicted octanol–water partition coefficient (Wildman–Crippen LogP) is 0.619. The van der Waals surface area contributed by atoms with Gasteiger partial charge in [0.25, 0.3) is 0 Å². The summed E-state index contributed by atoms with van der Waals surface area (Å²) in [6.07, 6.45) is 0.713. The average Bonchev–Trinajstić information content (AvgIpc) is 3.11. The van der Waals surface area contributed by atoms with Crippen LogP contribution in [0, 0.1) is 6.92 Å². The van der Waals surface area contributed by atoms with Gasteiger partial charge in [0.05, 0.1) is 6.04 Å². The number of fused-ring (bicyclic) bond motifs is 1. The Morgan fingerprint density at radius 1 is 1.22 bits per heavy atom. The fourth-order valence-electron chi connectivity index (χ4n) is 4.49. The molecule has 32 heavy (non-hydrogen) atoms. The van der Waals surface area contributed by atoms with Crippen LogP contribution in [0.15, 0.2) is 24.3 Å². The number of carbonyl (C=O) groups is 3. The van der Waals surface area contributed by atoms with Crippen LogP contribution in [0.5, 0.6) is 0 Å². The van der Waals surface area contributed by atoms with Crippen molar-refractivity contribution in [2.45, 2.75) is 57.9 Å². The van der Waals surface area contributed by atoms with E-state index >= 15 is 0 Å². The van der Waals surface area contributed by atoms with E-state index in [-0.39, 0.29) is 49.1 Å². The first kappa shape index (κ1) is 24.0. The summed E-state index contributed by atoms with van der Waals surface area (Å²) in [7, 11) is 1.47. The zero-order chi connectivity index (χ0) is 23.3. The van der Waals surface area contributed by atoms with Crippen molar-refractivity contribution in [3.63, 3.8) is 0 Å². The van der Waals surface area contributed by atoms with Gasteiger partial charge in [0.2, 0.25) is 11.8 Å². The molecular formula is C23H35N5O4. The van der Waals surface area contributed by atoms with E-state index in [0.717, 1.165) is 5.56 Å². The molecule has 0 aromatic heterocycles. The summed E-state index contributed by atoms with van der Waals surface area (Å²) in [4.78, 5) is 41.6. The standard InChI is InChI=1S/C23H35N5O4/c1-15(2)25-23(31)26-18-9-19-13-27(11-17-8-6-5-7-16(17)3)20(22(30)28(19)12-18)10-24-21(29)14-32-4/h5-8,15,18-20H,9-14H2,1-4H3,(H,24,29)(H2,25,26,31)/t18-,19-,20-/m0/s1. The van der Waals surface area contributed by atoms with Gasteiger partial charge in [-0.25, -0.2) is 4.79 Å². The Kier molecular flexibility index (Phi) is 8.09. The van der Waals surface area contributed by atoms with Crippen LogP contribution >= 0.6 is 0 Å². The van der Waals surface area contributed by atoms with E-state index in [9.17, 15) is 14.4 Å². The predicted molar refractivity (Wildman–Crippen MR) is 121 cm³/mol. The van der Waals surface area contributed by atoms with Crippen molar-refractivity contribution >= 4 is 17.8 Å². The van der Waals surface area contributed by atoms with E-state index in [1.54, 1.807) is 0 Å². The highest BCUT2D eigenvalue weighted by Crippen LogP contribution is 2.28. The Morgan fingerprint density at radius 3 is 2.66 bits per heavy atom. The molecule has 1 aromatic carbocycles. The summed E-state index contributed by atoms with van der Waals surface area (Å²) in [6.45, 7) is 7.86. The summed E-state index contributed by atoms with van der Waals surface area (Å²) in [6, 6.07) is 7.44. The van der Waals surface area contributed by atoms with Crippen molar-refractivity contribution < 1.29 is 19.1 Å². The van der Waals surface area contributed by atoms with Crippen LogP contribution in [-0.4, -0.2) is 85.2 Å². The molecule has 2 saturated heterocycles. The Bertz CT molecular complexity index is 830. The lowest BCUT2D eigenvalue weighted by Crippen LogP contribution is -2.62. The molecule has 4 amide bonds. The SMILES string of the molecule is COCC(=O)NC[C@H]1C(=O)N2C[C@@H](NC(=O)NC(C)C)C[C@H]2CN1Cc1ccccc1C. The molecule has 176 valence electrons. The van der Waals surface area contributed by atoms with Gasteiger partial charge in [0.15, 0.2) is 0 Å². The van der Waals surface area contributed by atoms with Gasteiger partial charge in [-0.3, -0.25) is 14.5 Å². The maximum absolute atomic E-state index is 13.4. The number of hydrogen-bond acceptors (Lipinski definition) is 5. The number of nitrogens with one attached hydrogen (secondary N) is 3. The Balaban J connectivity index is 1.73. The number of carbonyl (C=O) groups excluding carboxylic acids is 3. The Labute approximate surface area is 189 Å². The summed E-state index contributed by atoms with van der Waals surface area (Å²) in [5.74, 6) is -0.259. The number of ether oxygens (including phenoxy) is 1. The largest absolute Gasteiger partial charge is 0.375 e. The number of urea groups is 1. The van der Waals surface area contributed by atoms with Crippen molar-refractivity contribution in [1.29, 1.82) is 0 Å². The summed E-state index contributed by atoms with van der Waals surface area (Å²) < 4.78 is 4.89. The monoisotopic (exact) mass is 445 g/mol. The van der Waals surface area contributed by atoms with Crippen molar-refractivity contribution in [3.8, 4) is 0 Å². The lowest BCUT2D eigenvalue weighted by atomic mass is 10.0. The molecule has 9 nitrogen and oxygen atoms in total. The topological polar surface area (TPSA) is 103 Å². The van der Waals surface area contributed by atoms with Crippen LogP contribution < -0.4 is 16.0 Å². The van der Waals surface area contributed by atoms with Crippen LogP contribution in [-0.2, 0) is 20.9 Å². The highest BCUT2D eigenvalue weighted by molar-refractivity contribution is 5.85. The molecule has 3 atom stereocenters. The van der Waals surface area contributed by atoms with E-state index < -0.39 is 6.04 Å². The highest BCUT2D eigenvalue weighted by atomic mass is 16.5. The number of hydrogen-bond donors (Lipinski definition) is 3. The van der Waals surface area contributed by atoms with Crippen molar-refractivity contribution in [1.82, 2.24) is 25.8 Å². The highest BCUT2D eigenvalue weighted by Gasteiger charge is 2.45. The maximum atomic E-state index is 13.4. The first-order chi connectivity index (χ1) is 15.3. The molecule has 3 rings (SSSR count). The van der Waals surface area contributed by atoms with E-state index in [2.05, 4.69) is 39.9 Å². The third-order valence-corrected chi connectivity index (χ3v) is 6.03. The lowest BCUT2D eigenvalue weighted by molar-refractivity contribution is -0.144. The number of amides is 4. The Morgan fingerprint density at radius 2 is 1.97 bits per heavy atom. The smallest absolute Gasteiger partial charge is 0.315 e. The van der Waals surface area contributed by atoms with E-state index in [0.29, 0.717) is 26.1 Å². The van der Waals surface area contributed by atoms with Crippen molar-refractivity contribution in [2.75, 3.05) is 33.4 Å². The fraction of sp³-hybridized carbons (Fsp3) is 0.609. The lowest BCUT2D eigenvalue weighted by Gasteiger charge is -2.43.